The van der Waals surface area contributed by atoms with Crippen LogP contribution in [0.15, 0.2) is 36.4 Å². The fraction of sp³-hybridized carbons (Fsp3) is 0.125. The standard InChI is InChI=1S/C16H15F2N3O2/c17-11-3-1-2-9(6-11)14(19)12-7-10(8-13(18)15(12)20)16(23)21-4-5-22/h1-3,6-8,19,22H,4-5,20H2,(H,21,23). The van der Waals surface area contributed by atoms with Gasteiger partial charge in [-0.15, -0.1) is 0 Å². The van der Waals surface area contributed by atoms with E-state index in [1.807, 2.05) is 0 Å². The van der Waals surface area contributed by atoms with Gasteiger partial charge in [0.25, 0.3) is 5.91 Å². The van der Waals surface area contributed by atoms with Gasteiger partial charge in [0.2, 0.25) is 0 Å². The molecule has 0 aromatic heterocycles. The summed E-state index contributed by atoms with van der Waals surface area (Å²) in [6.07, 6.45) is 0. The second-order valence-electron chi connectivity index (χ2n) is 4.78. The molecule has 5 nitrogen and oxygen atoms in total. The highest BCUT2D eigenvalue weighted by molar-refractivity contribution is 6.14. The van der Waals surface area contributed by atoms with E-state index in [0.717, 1.165) is 12.1 Å². The van der Waals surface area contributed by atoms with E-state index in [4.69, 9.17) is 16.2 Å². The molecule has 0 aliphatic heterocycles. The summed E-state index contributed by atoms with van der Waals surface area (Å²) in [4.78, 5) is 11.9. The molecule has 2 aromatic carbocycles. The topological polar surface area (TPSA) is 99.2 Å². The number of anilines is 1. The number of nitrogen functional groups attached to an aromatic ring is 1. The summed E-state index contributed by atoms with van der Waals surface area (Å²) in [5.41, 5.74) is 5.32. The molecule has 0 aliphatic rings. The molecule has 2 aromatic rings. The molecule has 0 heterocycles. The molecule has 7 heteroatoms. The number of rotatable bonds is 5. The Hall–Kier alpha value is -2.80. The monoisotopic (exact) mass is 319 g/mol. The first-order chi connectivity index (χ1) is 10.9. The molecule has 0 spiro atoms. The third-order valence-electron chi connectivity index (χ3n) is 3.17. The van der Waals surface area contributed by atoms with Crippen LogP contribution in [0, 0.1) is 17.0 Å². The number of halogens is 2. The molecule has 1 amide bonds. The summed E-state index contributed by atoms with van der Waals surface area (Å²) < 4.78 is 27.2. The highest BCUT2D eigenvalue weighted by atomic mass is 19.1. The highest BCUT2D eigenvalue weighted by Crippen LogP contribution is 2.22. The Bertz CT molecular complexity index is 763. The summed E-state index contributed by atoms with van der Waals surface area (Å²) in [7, 11) is 0. The van der Waals surface area contributed by atoms with Gasteiger partial charge in [0.1, 0.15) is 11.6 Å². The lowest BCUT2D eigenvalue weighted by atomic mass is 9.98. The molecular formula is C16H15F2N3O2. The Morgan fingerprint density at radius 2 is 1.96 bits per heavy atom. The molecule has 0 bridgehead atoms. The number of nitrogens with one attached hydrogen (secondary N) is 2. The van der Waals surface area contributed by atoms with Crippen molar-refractivity contribution in [2.45, 2.75) is 0 Å². The van der Waals surface area contributed by atoms with Crippen molar-refractivity contribution < 1.29 is 18.7 Å². The van der Waals surface area contributed by atoms with Crippen molar-refractivity contribution in [2.24, 2.45) is 0 Å². The maximum Gasteiger partial charge on any atom is 0.251 e. The molecule has 5 N–H and O–H groups in total. The van der Waals surface area contributed by atoms with Crippen molar-refractivity contribution in [3.8, 4) is 0 Å². The fourth-order valence-electron chi connectivity index (χ4n) is 2.03. The summed E-state index contributed by atoms with van der Waals surface area (Å²) in [6.45, 7) is -0.239. The zero-order chi connectivity index (χ0) is 17.0. The van der Waals surface area contributed by atoms with Gasteiger partial charge in [0.05, 0.1) is 18.0 Å². The average molecular weight is 319 g/mol. The van der Waals surface area contributed by atoms with Gasteiger partial charge in [0.15, 0.2) is 0 Å². The number of hydrogen-bond acceptors (Lipinski definition) is 4. The van der Waals surface area contributed by atoms with Gasteiger partial charge >= 0.3 is 0 Å². The lowest BCUT2D eigenvalue weighted by molar-refractivity contribution is 0.0944. The SMILES string of the molecule is N=C(c1cccc(F)c1)c1cc(C(=O)NCCO)cc(F)c1N. The van der Waals surface area contributed by atoms with Gasteiger partial charge in [-0.3, -0.25) is 10.2 Å². The van der Waals surface area contributed by atoms with Crippen LogP contribution < -0.4 is 11.1 Å². The third-order valence-corrected chi connectivity index (χ3v) is 3.17. The zero-order valence-electron chi connectivity index (χ0n) is 12.1. The number of nitrogens with two attached hydrogens (primary N) is 1. The number of benzene rings is 2. The van der Waals surface area contributed by atoms with Gasteiger partial charge in [0, 0.05) is 23.2 Å². The summed E-state index contributed by atoms with van der Waals surface area (Å²) in [5.74, 6) is -1.99. The van der Waals surface area contributed by atoms with Gasteiger partial charge in [-0.2, -0.15) is 0 Å². The highest BCUT2D eigenvalue weighted by Gasteiger charge is 2.17. The van der Waals surface area contributed by atoms with E-state index in [2.05, 4.69) is 5.32 Å². The van der Waals surface area contributed by atoms with Gasteiger partial charge < -0.3 is 16.2 Å². The van der Waals surface area contributed by atoms with E-state index in [9.17, 15) is 13.6 Å². The number of carbonyl (C=O) groups excluding carboxylic acids is 1. The van der Waals surface area contributed by atoms with Crippen molar-refractivity contribution >= 4 is 17.3 Å². The average Bonchev–Trinajstić information content (AvgIpc) is 2.54. The number of hydrogen-bond donors (Lipinski definition) is 4. The Morgan fingerprint density at radius 1 is 1.22 bits per heavy atom. The molecule has 0 unspecified atom stereocenters. The first-order valence-corrected chi connectivity index (χ1v) is 6.77. The van der Waals surface area contributed by atoms with Crippen molar-refractivity contribution in [3.05, 3.63) is 64.7 Å². The Morgan fingerprint density at radius 3 is 2.61 bits per heavy atom. The molecule has 120 valence electrons. The van der Waals surface area contributed by atoms with Crippen LogP contribution in [0.3, 0.4) is 0 Å². The van der Waals surface area contributed by atoms with Crippen LogP contribution in [0.1, 0.15) is 21.5 Å². The Kier molecular flexibility index (Phi) is 5.02. The minimum absolute atomic E-state index is 0.00949. The predicted octanol–water partition coefficient (Wildman–Crippen LogP) is 1.69. The quantitative estimate of drug-likeness (QED) is 0.498. The molecular weight excluding hydrogens is 304 g/mol. The van der Waals surface area contributed by atoms with Crippen molar-refractivity contribution in [1.82, 2.24) is 5.32 Å². The van der Waals surface area contributed by atoms with Crippen molar-refractivity contribution in [3.63, 3.8) is 0 Å². The Labute approximate surface area is 131 Å². The van der Waals surface area contributed by atoms with E-state index in [0.29, 0.717) is 0 Å². The second kappa shape index (κ2) is 6.97. The molecule has 2 rings (SSSR count). The summed E-state index contributed by atoms with van der Waals surface area (Å²) in [6, 6.07) is 7.46. The van der Waals surface area contributed by atoms with E-state index in [1.165, 1.54) is 24.3 Å². The number of aliphatic hydroxyl groups is 1. The molecule has 0 radical (unpaired) electrons. The normalized spacial score (nSPS) is 10.4. The first kappa shape index (κ1) is 16.6. The molecule has 23 heavy (non-hydrogen) atoms. The summed E-state index contributed by atoms with van der Waals surface area (Å²) in [5, 5.41) is 19.2. The third kappa shape index (κ3) is 3.70. The lowest BCUT2D eigenvalue weighted by Gasteiger charge is -2.12. The zero-order valence-corrected chi connectivity index (χ0v) is 12.1. The van der Waals surface area contributed by atoms with Gasteiger partial charge in [-0.25, -0.2) is 8.78 Å². The minimum atomic E-state index is -0.849. The van der Waals surface area contributed by atoms with E-state index in [-0.39, 0.29) is 41.2 Å². The second-order valence-corrected chi connectivity index (χ2v) is 4.78. The van der Waals surface area contributed by atoms with E-state index >= 15 is 0 Å². The summed E-state index contributed by atoms with van der Waals surface area (Å²) >= 11 is 0. The van der Waals surface area contributed by atoms with Crippen LogP contribution in [0.2, 0.25) is 0 Å². The fourth-order valence-corrected chi connectivity index (χ4v) is 2.03. The van der Waals surface area contributed by atoms with Gasteiger partial charge in [-0.1, -0.05) is 12.1 Å². The molecule has 0 aliphatic carbocycles. The van der Waals surface area contributed by atoms with Crippen LogP contribution in [0.5, 0.6) is 0 Å². The molecule has 0 atom stereocenters. The van der Waals surface area contributed by atoms with Crippen LogP contribution in [-0.2, 0) is 0 Å². The van der Waals surface area contributed by atoms with Crippen molar-refractivity contribution in [1.29, 1.82) is 5.41 Å². The van der Waals surface area contributed by atoms with E-state index < -0.39 is 17.5 Å². The first-order valence-electron chi connectivity index (χ1n) is 6.77. The predicted molar refractivity (Wildman–Crippen MR) is 82.6 cm³/mol. The minimum Gasteiger partial charge on any atom is -0.396 e. The lowest BCUT2D eigenvalue weighted by Crippen LogP contribution is -2.27. The molecule has 0 fully saturated rings. The van der Waals surface area contributed by atoms with Crippen molar-refractivity contribution in [2.75, 3.05) is 18.9 Å². The van der Waals surface area contributed by atoms with Crippen LogP contribution in [-0.4, -0.2) is 29.9 Å². The molecule has 0 saturated carbocycles. The van der Waals surface area contributed by atoms with E-state index in [1.54, 1.807) is 0 Å². The maximum atomic E-state index is 14.0. The number of aliphatic hydroxyl groups excluding tert-OH is 1. The van der Waals surface area contributed by atoms with Crippen LogP contribution >= 0.6 is 0 Å². The maximum absolute atomic E-state index is 14.0. The largest absolute Gasteiger partial charge is 0.396 e. The van der Waals surface area contributed by atoms with Gasteiger partial charge in [-0.05, 0) is 24.3 Å². The smallest absolute Gasteiger partial charge is 0.251 e. The molecule has 0 saturated heterocycles. The van der Waals surface area contributed by atoms with Crippen LogP contribution in [0.25, 0.3) is 0 Å². The number of carbonyl (C=O) groups is 1. The number of amides is 1. The van der Waals surface area contributed by atoms with Crippen LogP contribution in [0.4, 0.5) is 14.5 Å². The Balaban J connectivity index is 2.43.